The molecule has 5 amide bonds. The summed E-state index contributed by atoms with van der Waals surface area (Å²) < 4.78 is 5.67. The molecule has 1 spiro atoms. The molecule has 3 fully saturated rings. The lowest BCUT2D eigenvalue weighted by Crippen LogP contribution is -2.62. The van der Waals surface area contributed by atoms with Crippen molar-refractivity contribution in [1.29, 1.82) is 0 Å². The second-order valence-electron chi connectivity index (χ2n) is 17.1. The molecule has 2 aliphatic heterocycles. The highest BCUT2D eigenvalue weighted by Crippen LogP contribution is 2.40. The minimum Gasteiger partial charge on any atom is -0.387 e. The lowest BCUT2D eigenvalue weighted by Gasteiger charge is -2.38. The fourth-order valence-electron chi connectivity index (χ4n) is 8.31. The molecule has 1 aromatic carbocycles. The Hall–Kier alpha value is -4.92. The van der Waals surface area contributed by atoms with Gasteiger partial charge in [0.2, 0.25) is 17.7 Å². The van der Waals surface area contributed by atoms with E-state index >= 15 is 4.79 Å². The van der Waals surface area contributed by atoms with E-state index in [0.29, 0.717) is 25.0 Å². The second-order valence-corrected chi connectivity index (χ2v) is 17.1. The minimum absolute atomic E-state index is 0.0377. The molecule has 6 rings (SSSR count). The number of nitrogens with one attached hydrogen (secondary N) is 4. The van der Waals surface area contributed by atoms with Gasteiger partial charge >= 0.3 is 0 Å². The van der Waals surface area contributed by atoms with Crippen molar-refractivity contribution in [3.05, 3.63) is 60.2 Å². The Bertz CT molecular complexity index is 1780. The molecule has 6 atom stereocenters. The summed E-state index contributed by atoms with van der Waals surface area (Å²) in [6.07, 6.45) is 11.1. The molecule has 2 aliphatic carbocycles. The van der Waals surface area contributed by atoms with Gasteiger partial charge in [-0.15, -0.1) is 0 Å². The van der Waals surface area contributed by atoms with E-state index in [1.165, 1.54) is 30.6 Å². The van der Waals surface area contributed by atoms with Crippen molar-refractivity contribution in [2.75, 3.05) is 13.7 Å². The molecule has 4 aliphatic rings. The third-order valence-corrected chi connectivity index (χ3v) is 11.5. The number of carbonyl (C=O) groups is 5. The molecule has 15 nitrogen and oxygen atoms in total. The van der Waals surface area contributed by atoms with Crippen LogP contribution in [0.15, 0.2) is 54.1 Å². The zero-order valence-corrected chi connectivity index (χ0v) is 33.8. The van der Waals surface area contributed by atoms with Gasteiger partial charge in [0.05, 0.1) is 24.5 Å². The number of hydrogen-bond donors (Lipinski definition) is 4. The number of oxime groups is 1. The zero-order chi connectivity index (χ0) is 40.7. The molecule has 0 bridgehead atoms. The van der Waals surface area contributed by atoms with Crippen LogP contribution in [-0.2, 0) is 28.8 Å². The molecule has 15 heteroatoms. The number of rotatable bonds is 15. The molecular formula is C42H58N8O7. The van der Waals surface area contributed by atoms with Crippen molar-refractivity contribution in [1.82, 2.24) is 36.1 Å². The summed E-state index contributed by atoms with van der Waals surface area (Å²) in [6, 6.07) is 6.03. The van der Waals surface area contributed by atoms with Crippen LogP contribution in [0, 0.1) is 11.3 Å². The van der Waals surface area contributed by atoms with Crippen molar-refractivity contribution in [3.8, 4) is 0 Å². The van der Waals surface area contributed by atoms with Gasteiger partial charge in [-0.3, -0.25) is 29.0 Å². The number of ether oxygens (including phenoxy) is 1. The van der Waals surface area contributed by atoms with E-state index < -0.39 is 64.9 Å². The number of benzene rings is 1. The predicted molar refractivity (Wildman–Crippen MR) is 212 cm³/mol. The fourth-order valence-corrected chi connectivity index (χ4v) is 8.31. The molecule has 57 heavy (non-hydrogen) atoms. The molecular weight excluding hydrogens is 729 g/mol. The molecule has 1 saturated heterocycles. The summed E-state index contributed by atoms with van der Waals surface area (Å²) >= 11 is 0. The van der Waals surface area contributed by atoms with Crippen LogP contribution in [-0.4, -0.2) is 106 Å². The number of amides is 5. The topological polar surface area (TPSA) is 193 Å². The standard InChI is InChI=1S/C42H58N8O7/c1-6-13-29(34(56-5)39(54)45-28-18-19-28)46-37(52)32-23-42(22-30(49-57-42)26-14-9-7-10-15-26)25-50(32)40(55)35(41(2,3)4)48-38(53)33(27-16-11-8-12-17-27)47-36(51)31-24-43-20-21-44-31/h7,9-10,14-15,20-21,24,27-29,32-35H,6,8,11-13,16-19,22-23,25H2,1-5H3,(H,45,54)(H,46,52)(H,47,51)(H,48,53)/t29-,32-,33-,34?,35+,42+/m0/s1. The minimum atomic E-state index is -1.09. The van der Waals surface area contributed by atoms with Crippen molar-refractivity contribution in [3.63, 3.8) is 0 Å². The van der Waals surface area contributed by atoms with Crippen LogP contribution in [0.3, 0.4) is 0 Å². The van der Waals surface area contributed by atoms with E-state index in [9.17, 15) is 19.2 Å². The van der Waals surface area contributed by atoms with E-state index in [1.807, 2.05) is 58.0 Å². The summed E-state index contributed by atoms with van der Waals surface area (Å²) in [5.41, 5.74) is -0.148. The Kier molecular flexibility index (Phi) is 13.3. The monoisotopic (exact) mass is 786 g/mol. The van der Waals surface area contributed by atoms with Crippen LogP contribution >= 0.6 is 0 Å². The van der Waals surface area contributed by atoms with Gasteiger partial charge in [0, 0.05) is 38.4 Å². The Labute approximate surface area is 334 Å². The van der Waals surface area contributed by atoms with E-state index in [1.54, 1.807) is 0 Å². The molecule has 4 N–H and O–H groups in total. The number of methoxy groups -OCH3 is 1. The van der Waals surface area contributed by atoms with Gasteiger partial charge in [-0.25, -0.2) is 4.98 Å². The fraction of sp³-hybridized carbons (Fsp3) is 0.619. The number of aromatic nitrogens is 2. The van der Waals surface area contributed by atoms with E-state index in [0.717, 1.165) is 50.5 Å². The van der Waals surface area contributed by atoms with Crippen LogP contribution in [0.1, 0.15) is 114 Å². The molecule has 3 heterocycles. The number of hydrogen-bond acceptors (Lipinski definition) is 10. The smallest absolute Gasteiger partial charge is 0.272 e. The molecule has 2 aromatic rings. The average Bonchev–Trinajstić information content (AvgIpc) is 3.80. The first-order chi connectivity index (χ1) is 27.3. The Morgan fingerprint density at radius 3 is 2.33 bits per heavy atom. The first kappa shape index (κ1) is 41.7. The third kappa shape index (κ3) is 10.2. The maximum Gasteiger partial charge on any atom is 0.272 e. The van der Waals surface area contributed by atoms with Crippen LogP contribution in [0.4, 0.5) is 0 Å². The Morgan fingerprint density at radius 2 is 1.70 bits per heavy atom. The maximum atomic E-state index is 15.1. The Balaban J connectivity index is 1.27. The quantitative estimate of drug-likeness (QED) is 0.209. The van der Waals surface area contributed by atoms with Gasteiger partial charge in [-0.2, -0.15) is 0 Å². The molecule has 0 radical (unpaired) electrons. The van der Waals surface area contributed by atoms with E-state index in [-0.39, 0.29) is 36.5 Å². The normalized spacial score (nSPS) is 23.1. The van der Waals surface area contributed by atoms with Gasteiger partial charge in [-0.05, 0) is 49.0 Å². The highest BCUT2D eigenvalue weighted by molar-refractivity contribution is 6.02. The zero-order valence-electron chi connectivity index (χ0n) is 33.8. The highest BCUT2D eigenvalue weighted by Gasteiger charge is 2.56. The summed E-state index contributed by atoms with van der Waals surface area (Å²) in [4.78, 5) is 86.4. The molecule has 2 saturated carbocycles. The summed E-state index contributed by atoms with van der Waals surface area (Å²) in [5.74, 6) is -2.36. The average molecular weight is 787 g/mol. The van der Waals surface area contributed by atoms with E-state index in [4.69, 9.17) is 9.57 Å². The highest BCUT2D eigenvalue weighted by atomic mass is 16.7. The lowest BCUT2D eigenvalue weighted by molar-refractivity contribution is -0.145. The van der Waals surface area contributed by atoms with Crippen LogP contribution in [0.25, 0.3) is 0 Å². The van der Waals surface area contributed by atoms with Crippen molar-refractivity contribution >= 4 is 35.2 Å². The molecule has 1 aromatic heterocycles. The van der Waals surface area contributed by atoms with E-state index in [2.05, 4.69) is 36.4 Å². The largest absolute Gasteiger partial charge is 0.387 e. The van der Waals surface area contributed by atoms with Gasteiger partial charge in [0.1, 0.15) is 23.8 Å². The van der Waals surface area contributed by atoms with Crippen molar-refractivity contribution in [2.45, 2.75) is 140 Å². The van der Waals surface area contributed by atoms with Crippen molar-refractivity contribution < 1.29 is 33.5 Å². The first-order valence-electron chi connectivity index (χ1n) is 20.4. The molecule has 308 valence electrons. The number of carbonyl (C=O) groups excluding carboxylic acids is 5. The summed E-state index contributed by atoms with van der Waals surface area (Å²) in [7, 11) is 1.45. The van der Waals surface area contributed by atoms with Gasteiger partial charge in [0.25, 0.3) is 11.8 Å². The lowest BCUT2D eigenvalue weighted by atomic mass is 9.82. The SMILES string of the molecule is CCC[C@H](NC(=O)[C@@H]1C[C@]2(CC(c3ccccc3)=NO2)CN1C(=O)[C@@H](NC(=O)[C@@H](NC(=O)c1cnccn1)C1CCCCC1)C(C)(C)C)C(OC)C(=O)NC1CC1. The summed E-state index contributed by atoms with van der Waals surface area (Å²) in [5, 5.41) is 16.4. The van der Waals surface area contributed by atoms with Gasteiger partial charge < -0.3 is 35.7 Å². The summed E-state index contributed by atoms with van der Waals surface area (Å²) in [6.45, 7) is 7.56. The predicted octanol–water partition coefficient (Wildman–Crippen LogP) is 3.43. The van der Waals surface area contributed by atoms with Gasteiger partial charge in [-0.1, -0.05) is 88.9 Å². The third-order valence-electron chi connectivity index (χ3n) is 11.5. The maximum absolute atomic E-state index is 15.1. The first-order valence-corrected chi connectivity index (χ1v) is 20.4. The Morgan fingerprint density at radius 1 is 0.965 bits per heavy atom. The second kappa shape index (κ2) is 18.1. The van der Waals surface area contributed by atoms with Crippen LogP contribution in [0.2, 0.25) is 0 Å². The van der Waals surface area contributed by atoms with Crippen LogP contribution in [0.5, 0.6) is 0 Å². The van der Waals surface area contributed by atoms with Crippen LogP contribution < -0.4 is 21.3 Å². The number of nitrogens with zero attached hydrogens (tertiary/aromatic N) is 4. The molecule has 1 unspecified atom stereocenters. The number of likely N-dealkylation sites (tertiary alicyclic amines) is 1. The van der Waals surface area contributed by atoms with Crippen molar-refractivity contribution in [2.24, 2.45) is 16.5 Å². The van der Waals surface area contributed by atoms with Gasteiger partial charge in [0.15, 0.2) is 11.7 Å².